The van der Waals surface area contributed by atoms with Gasteiger partial charge in [-0.25, -0.2) is 4.99 Å². The lowest BCUT2D eigenvalue weighted by Crippen LogP contribution is -2.37. The summed E-state index contributed by atoms with van der Waals surface area (Å²) in [6.07, 6.45) is 7.01. The van der Waals surface area contributed by atoms with E-state index in [2.05, 4.69) is 51.7 Å². The van der Waals surface area contributed by atoms with E-state index in [0.717, 1.165) is 31.4 Å². The van der Waals surface area contributed by atoms with Gasteiger partial charge in [0.25, 0.3) is 0 Å². The lowest BCUT2D eigenvalue weighted by molar-refractivity contribution is 0.287. The molecule has 0 saturated heterocycles. The predicted molar refractivity (Wildman–Crippen MR) is 102 cm³/mol. The highest BCUT2D eigenvalue weighted by atomic mass is 16.3. The topological polar surface area (TPSA) is 52.8 Å². The molecule has 2 aromatic rings. The molecule has 132 valence electrons. The number of benzene rings is 1. The van der Waals surface area contributed by atoms with Crippen LogP contribution in [-0.4, -0.2) is 31.0 Å². The van der Waals surface area contributed by atoms with Crippen LogP contribution in [0, 0.1) is 12.3 Å². The van der Waals surface area contributed by atoms with Crippen molar-refractivity contribution < 1.29 is 4.42 Å². The fourth-order valence-electron chi connectivity index (χ4n) is 2.52. The fraction of sp³-hybridized carbons (Fsp3) is 0.350. The number of aliphatic imine (C=N–C) groups is 1. The maximum Gasteiger partial charge on any atom is 0.192 e. The number of terminal acetylenes is 1. The normalized spacial score (nSPS) is 11.4. The van der Waals surface area contributed by atoms with Crippen LogP contribution in [-0.2, 0) is 19.6 Å². The van der Waals surface area contributed by atoms with Crippen LogP contribution in [0.1, 0.15) is 23.8 Å². The van der Waals surface area contributed by atoms with E-state index in [9.17, 15) is 0 Å². The zero-order valence-electron chi connectivity index (χ0n) is 15.0. The van der Waals surface area contributed by atoms with Crippen molar-refractivity contribution in [2.45, 2.75) is 26.6 Å². The molecule has 0 aliphatic carbocycles. The Morgan fingerprint density at radius 1 is 1.16 bits per heavy atom. The molecule has 5 nitrogen and oxygen atoms in total. The second kappa shape index (κ2) is 10.2. The van der Waals surface area contributed by atoms with Gasteiger partial charge >= 0.3 is 0 Å². The van der Waals surface area contributed by atoms with Crippen LogP contribution in [0.3, 0.4) is 0 Å². The molecule has 2 rings (SSSR count). The Morgan fingerprint density at radius 3 is 2.64 bits per heavy atom. The minimum atomic E-state index is 0.458. The zero-order chi connectivity index (χ0) is 17.9. The Bertz CT molecular complexity index is 701. The molecule has 0 spiro atoms. The molecule has 0 aliphatic heterocycles. The third-order valence-corrected chi connectivity index (χ3v) is 3.67. The van der Waals surface area contributed by atoms with E-state index in [-0.39, 0.29) is 0 Å². The Kier molecular flexibility index (Phi) is 7.61. The molecule has 0 saturated carbocycles. The summed E-state index contributed by atoms with van der Waals surface area (Å²) in [5.74, 6) is 4.26. The molecule has 0 bridgehead atoms. The van der Waals surface area contributed by atoms with Gasteiger partial charge in [0.15, 0.2) is 5.96 Å². The maximum absolute atomic E-state index is 5.42. The summed E-state index contributed by atoms with van der Waals surface area (Å²) in [5, 5.41) is 6.31. The van der Waals surface area contributed by atoms with Crippen LogP contribution in [0.2, 0.25) is 0 Å². The van der Waals surface area contributed by atoms with Crippen LogP contribution < -0.4 is 10.6 Å². The molecule has 1 heterocycles. The first kappa shape index (κ1) is 18.6. The molecule has 0 unspecified atom stereocenters. The van der Waals surface area contributed by atoms with Gasteiger partial charge in [-0.2, -0.15) is 0 Å². The second-order valence-electron chi connectivity index (χ2n) is 5.77. The molecular formula is C20H26N4O. The van der Waals surface area contributed by atoms with E-state index in [1.165, 1.54) is 11.1 Å². The molecule has 25 heavy (non-hydrogen) atoms. The first-order valence-corrected chi connectivity index (χ1v) is 8.46. The number of hydrogen-bond donors (Lipinski definition) is 2. The predicted octanol–water partition coefficient (Wildman–Crippen LogP) is 2.60. The van der Waals surface area contributed by atoms with Gasteiger partial charge < -0.3 is 15.1 Å². The highest BCUT2D eigenvalue weighted by Gasteiger charge is 2.07. The first-order valence-electron chi connectivity index (χ1n) is 8.46. The van der Waals surface area contributed by atoms with Crippen LogP contribution >= 0.6 is 0 Å². The Hall–Kier alpha value is -2.71. The van der Waals surface area contributed by atoms with Crippen LogP contribution in [0.5, 0.6) is 0 Å². The lowest BCUT2D eigenvalue weighted by Gasteiger charge is -2.17. The highest BCUT2D eigenvalue weighted by molar-refractivity contribution is 5.80. The molecule has 5 heteroatoms. The molecule has 0 radical (unpaired) electrons. The summed E-state index contributed by atoms with van der Waals surface area (Å²) < 4.78 is 5.42. The zero-order valence-corrected chi connectivity index (χ0v) is 15.0. The van der Waals surface area contributed by atoms with Gasteiger partial charge in [-0.1, -0.05) is 30.2 Å². The smallest absolute Gasteiger partial charge is 0.192 e. The van der Waals surface area contributed by atoms with Crippen LogP contribution in [0.25, 0.3) is 0 Å². The average molecular weight is 338 g/mol. The monoisotopic (exact) mass is 338 g/mol. The van der Waals surface area contributed by atoms with Crippen molar-refractivity contribution in [3.63, 3.8) is 0 Å². The van der Waals surface area contributed by atoms with Crippen molar-refractivity contribution in [2.75, 3.05) is 20.1 Å². The Balaban J connectivity index is 2.02. The Morgan fingerprint density at radius 2 is 1.96 bits per heavy atom. The largest absolute Gasteiger partial charge is 0.468 e. The number of furan rings is 1. The molecule has 0 atom stereocenters. The number of nitrogens with zero attached hydrogens (tertiary/aromatic N) is 2. The summed E-state index contributed by atoms with van der Waals surface area (Å²) in [5.41, 5.74) is 2.46. The first-order chi connectivity index (χ1) is 12.2. The third-order valence-electron chi connectivity index (χ3n) is 3.67. The standard InChI is InChI=1S/C20H26N4O/c1-4-12-22-20(21-5-2)23-14-17-9-6-7-10-18(17)15-24(3)16-19-11-8-13-25-19/h1,6-11,13H,5,12,14-16H2,2-3H3,(H2,21,22,23). The van der Waals surface area contributed by atoms with Crippen molar-refractivity contribution in [2.24, 2.45) is 4.99 Å². The molecule has 0 amide bonds. The van der Waals surface area contributed by atoms with Gasteiger partial charge in [0.2, 0.25) is 0 Å². The molecule has 1 aromatic carbocycles. The van der Waals surface area contributed by atoms with Gasteiger partial charge in [-0.3, -0.25) is 4.90 Å². The fourth-order valence-corrected chi connectivity index (χ4v) is 2.52. The van der Waals surface area contributed by atoms with Crippen LogP contribution in [0.4, 0.5) is 0 Å². The maximum atomic E-state index is 5.42. The minimum Gasteiger partial charge on any atom is -0.468 e. The van der Waals surface area contributed by atoms with Gasteiger partial charge in [0.1, 0.15) is 5.76 Å². The van der Waals surface area contributed by atoms with E-state index in [4.69, 9.17) is 10.8 Å². The number of nitrogens with one attached hydrogen (secondary N) is 2. The minimum absolute atomic E-state index is 0.458. The third kappa shape index (κ3) is 6.36. The second-order valence-corrected chi connectivity index (χ2v) is 5.77. The number of guanidine groups is 1. The molecule has 0 aliphatic rings. The van der Waals surface area contributed by atoms with E-state index < -0.39 is 0 Å². The van der Waals surface area contributed by atoms with E-state index in [0.29, 0.717) is 13.1 Å². The quantitative estimate of drug-likeness (QED) is 0.441. The van der Waals surface area contributed by atoms with Crippen molar-refractivity contribution in [3.8, 4) is 12.3 Å². The summed E-state index contributed by atoms with van der Waals surface area (Å²) in [6, 6.07) is 12.3. The summed E-state index contributed by atoms with van der Waals surface area (Å²) in [7, 11) is 2.08. The SMILES string of the molecule is C#CCNC(=NCc1ccccc1CN(C)Cc1ccco1)NCC. The summed E-state index contributed by atoms with van der Waals surface area (Å²) in [6.45, 7) is 5.50. The molecule has 2 N–H and O–H groups in total. The van der Waals surface area contributed by atoms with Crippen molar-refractivity contribution in [1.29, 1.82) is 0 Å². The number of hydrogen-bond acceptors (Lipinski definition) is 3. The lowest BCUT2D eigenvalue weighted by atomic mass is 10.1. The highest BCUT2D eigenvalue weighted by Crippen LogP contribution is 2.14. The van der Waals surface area contributed by atoms with Gasteiger partial charge in [-0.05, 0) is 37.2 Å². The van der Waals surface area contributed by atoms with E-state index in [1.807, 2.05) is 25.1 Å². The van der Waals surface area contributed by atoms with Gasteiger partial charge in [-0.15, -0.1) is 6.42 Å². The van der Waals surface area contributed by atoms with E-state index >= 15 is 0 Å². The molecular weight excluding hydrogens is 312 g/mol. The molecule has 0 fully saturated rings. The summed E-state index contributed by atoms with van der Waals surface area (Å²) >= 11 is 0. The van der Waals surface area contributed by atoms with Crippen molar-refractivity contribution >= 4 is 5.96 Å². The summed E-state index contributed by atoms with van der Waals surface area (Å²) in [4.78, 5) is 6.85. The number of rotatable bonds is 8. The average Bonchev–Trinajstić information content (AvgIpc) is 3.11. The van der Waals surface area contributed by atoms with Crippen molar-refractivity contribution in [3.05, 3.63) is 59.5 Å². The van der Waals surface area contributed by atoms with Crippen molar-refractivity contribution in [1.82, 2.24) is 15.5 Å². The van der Waals surface area contributed by atoms with Crippen LogP contribution in [0.15, 0.2) is 52.1 Å². The molecule has 1 aromatic heterocycles. The van der Waals surface area contributed by atoms with E-state index in [1.54, 1.807) is 6.26 Å². The Labute approximate surface area is 150 Å². The van der Waals surface area contributed by atoms with Gasteiger partial charge in [0.05, 0.1) is 25.9 Å². The van der Waals surface area contributed by atoms with Gasteiger partial charge in [0, 0.05) is 13.1 Å².